The lowest BCUT2D eigenvalue weighted by Gasteiger charge is -2.12. The van der Waals surface area contributed by atoms with Crippen LogP contribution in [0.25, 0.3) is 0 Å². The summed E-state index contributed by atoms with van der Waals surface area (Å²) in [6, 6.07) is 8.11. The predicted molar refractivity (Wildman–Crippen MR) is 89.6 cm³/mol. The second-order valence-electron chi connectivity index (χ2n) is 5.73. The summed E-state index contributed by atoms with van der Waals surface area (Å²) in [4.78, 5) is 23.5. The Hall–Kier alpha value is -2.87. The van der Waals surface area contributed by atoms with Gasteiger partial charge in [0.05, 0.1) is 6.54 Å². The van der Waals surface area contributed by atoms with Gasteiger partial charge in [0, 0.05) is 17.3 Å². The van der Waals surface area contributed by atoms with Gasteiger partial charge in [-0.3, -0.25) is 9.59 Å². The highest BCUT2D eigenvalue weighted by Crippen LogP contribution is 2.14. The van der Waals surface area contributed by atoms with E-state index in [1.54, 1.807) is 12.2 Å². The van der Waals surface area contributed by atoms with Gasteiger partial charge in [-0.15, -0.1) is 0 Å². The van der Waals surface area contributed by atoms with Crippen molar-refractivity contribution in [3.05, 3.63) is 65.5 Å². The number of rotatable bonds is 7. The van der Waals surface area contributed by atoms with E-state index in [-0.39, 0.29) is 18.7 Å². The molecule has 0 unspecified atom stereocenters. The number of quaternary nitrogens is 1. The monoisotopic (exact) mass is 366 g/mol. The van der Waals surface area contributed by atoms with Crippen molar-refractivity contribution in [2.45, 2.75) is 13.0 Å². The summed E-state index contributed by atoms with van der Waals surface area (Å²) in [6.07, 6.45) is 0. The van der Waals surface area contributed by atoms with Crippen molar-refractivity contribution < 1.29 is 28.1 Å². The lowest BCUT2D eigenvalue weighted by Crippen LogP contribution is -2.87. The molecule has 0 fully saturated rings. The first kappa shape index (κ1) is 19.5. The van der Waals surface area contributed by atoms with Gasteiger partial charge in [-0.05, 0) is 43.3 Å². The van der Waals surface area contributed by atoms with E-state index in [1.807, 2.05) is 0 Å². The minimum Gasteiger partial charge on any atom is -0.342 e. The summed E-state index contributed by atoms with van der Waals surface area (Å²) in [7, 11) is 0. The number of halogens is 3. The van der Waals surface area contributed by atoms with Crippen molar-refractivity contribution in [2.24, 2.45) is 0 Å². The van der Waals surface area contributed by atoms with Gasteiger partial charge in [0.25, 0.3) is 5.91 Å². The second kappa shape index (κ2) is 9.00. The Labute approximate surface area is 148 Å². The fourth-order valence-electron chi connectivity index (χ4n) is 2.27. The van der Waals surface area contributed by atoms with E-state index in [0.29, 0.717) is 5.69 Å². The Kier molecular flexibility index (Phi) is 6.74. The third kappa shape index (κ3) is 5.89. The summed E-state index contributed by atoms with van der Waals surface area (Å²) in [5.41, 5.74) is 0.700. The largest absolute Gasteiger partial charge is 0.342 e. The molecule has 4 N–H and O–H groups in total. The van der Waals surface area contributed by atoms with Gasteiger partial charge in [0.1, 0.15) is 23.5 Å². The average molecular weight is 366 g/mol. The van der Waals surface area contributed by atoms with Crippen molar-refractivity contribution in [3.8, 4) is 0 Å². The van der Waals surface area contributed by atoms with Gasteiger partial charge < -0.3 is 16.0 Å². The van der Waals surface area contributed by atoms with Gasteiger partial charge in [-0.1, -0.05) is 0 Å². The smallest absolute Gasteiger partial charge is 0.275 e. The molecule has 0 spiro atoms. The maximum absolute atomic E-state index is 13.7. The molecule has 0 saturated carbocycles. The topological polar surface area (TPSA) is 74.8 Å². The predicted octanol–water partition coefficient (Wildman–Crippen LogP) is 1.48. The van der Waals surface area contributed by atoms with Gasteiger partial charge in [0.2, 0.25) is 5.91 Å². The molecule has 2 aromatic carbocycles. The number of amides is 2. The van der Waals surface area contributed by atoms with Crippen molar-refractivity contribution in [3.63, 3.8) is 0 Å². The molecule has 138 valence electrons. The number of nitrogens with two attached hydrogens (primary N) is 1. The first-order valence-electron chi connectivity index (χ1n) is 7.95. The minimum atomic E-state index is -0.673. The maximum Gasteiger partial charge on any atom is 0.275 e. The molecular weight excluding hydrogens is 347 g/mol. The molecular formula is C18H19F3N3O2+. The molecule has 2 aromatic rings. The molecule has 0 aliphatic rings. The van der Waals surface area contributed by atoms with E-state index in [1.165, 1.54) is 30.3 Å². The van der Waals surface area contributed by atoms with Crippen LogP contribution in [0, 0.1) is 17.5 Å². The zero-order valence-electron chi connectivity index (χ0n) is 14.1. The molecule has 26 heavy (non-hydrogen) atoms. The van der Waals surface area contributed by atoms with Crippen LogP contribution in [0.5, 0.6) is 0 Å². The quantitative estimate of drug-likeness (QED) is 0.695. The molecule has 0 bridgehead atoms. The van der Waals surface area contributed by atoms with E-state index in [2.05, 4.69) is 10.6 Å². The van der Waals surface area contributed by atoms with Crippen LogP contribution in [-0.2, 0) is 9.59 Å². The van der Waals surface area contributed by atoms with Crippen molar-refractivity contribution in [1.82, 2.24) is 5.32 Å². The molecule has 0 aliphatic carbocycles. The maximum atomic E-state index is 13.7. The van der Waals surface area contributed by atoms with Gasteiger partial charge >= 0.3 is 0 Å². The lowest BCUT2D eigenvalue weighted by atomic mass is 10.1. The fraction of sp³-hybridized carbons (Fsp3) is 0.222. The number of nitrogens with one attached hydrogen (secondary N) is 2. The van der Waals surface area contributed by atoms with E-state index in [9.17, 15) is 22.8 Å². The number of anilines is 1. The van der Waals surface area contributed by atoms with E-state index in [0.717, 1.165) is 12.1 Å². The third-order valence-corrected chi connectivity index (χ3v) is 3.68. The highest BCUT2D eigenvalue weighted by atomic mass is 19.1. The Morgan fingerprint density at radius 3 is 2.31 bits per heavy atom. The Morgan fingerprint density at radius 2 is 1.65 bits per heavy atom. The van der Waals surface area contributed by atoms with Crippen LogP contribution < -0.4 is 16.0 Å². The van der Waals surface area contributed by atoms with E-state index in [4.69, 9.17) is 0 Å². The number of hydrogen-bond donors (Lipinski definition) is 3. The molecule has 0 radical (unpaired) electrons. The summed E-state index contributed by atoms with van der Waals surface area (Å²) in [6.45, 7) is 1.41. The van der Waals surface area contributed by atoms with Crippen LogP contribution in [0.3, 0.4) is 0 Å². The SMILES string of the molecule is C[C@@H]([NH2+]CC(=O)NCC(=O)Nc1ccc(F)cc1)c1ccc(F)cc1F. The normalized spacial score (nSPS) is 11.7. The Morgan fingerprint density at radius 1 is 1.00 bits per heavy atom. The number of carbonyl (C=O) groups is 2. The number of carbonyl (C=O) groups excluding carboxylic acids is 2. The van der Waals surface area contributed by atoms with Crippen LogP contribution in [0.1, 0.15) is 18.5 Å². The second-order valence-corrected chi connectivity index (χ2v) is 5.73. The Balaban J connectivity index is 1.74. The van der Waals surface area contributed by atoms with Crippen LogP contribution >= 0.6 is 0 Å². The van der Waals surface area contributed by atoms with Gasteiger partial charge in [-0.25, -0.2) is 13.2 Å². The lowest BCUT2D eigenvalue weighted by molar-refractivity contribution is -0.682. The highest BCUT2D eigenvalue weighted by Gasteiger charge is 2.16. The fourth-order valence-corrected chi connectivity index (χ4v) is 2.27. The molecule has 0 aromatic heterocycles. The summed E-state index contributed by atoms with van der Waals surface area (Å²) >= 11 is 0. The van der Waals surface area contributed by atoms with Crippen LogP contribution in [0.15, 0.2) is 42.5 Å². The molecule has 1 atom stereocenters. The molecule has 0 heterocycles. The molecule has 5 nitrogen and oxygen atoms in total. The van der Waals surface area contributed by atoms with Crippen molar-refractivity contribution >= 4 is 17.5 Å². The molecule has 2 rings (SSSR count). The van der Waals surface area contributed by atoms with E-state index < -0.39 is 35.3 Å². The zero-order chi connectivity index (χ0) is 19.1. The minimum absolute atomic E-state index is 0.0260. The molecule has 8 heteroatoms. The Bertz CT molecular complexity index is 782. The summed E-state index contributed by atoms with van der Waals surface area (Å²) in [5, 5.41) is 6.52. The standard InChI is InChI=1S/C18H18F3N3O2/c1-11(15-7-4-13(20)8-16(15)21)22-9-17(25)23-10-18(26)24-14-5-2-12(19)3-6-14/h2-8,11,22H,9-10H2,1H3,(H,23,25)(H,24,26)/p+1/t11-/m1/s1. The molecule has 0 saturated heterocycles. The van der Waals surface area contributed by atoms with Crippen LogP contribution in [0.2, 0.25) is 0 Å². The van der Waals surface area contributed by atoms with Crippen LogP contribution in [-0.4, -0.2) is 24.9 Å². The summed E-state index contributed by atoms with van der Waals surface area (Å²) in [5.74, 6) is -2.62. The van der Waals surface area contributed by atoms with Crippen molar-refractivity contribution in [1.29, 1.82) is 0 Å². The van der Waals surface area contributed by atoms with Crippen LogP contribution in [0.4, 0.5) is 18.9 Å². The highest BCUT2D eigenvalue weighted by molar-refractivity contribution is 5.94. The first-order valence-corrected chi connectivity index (χ1v) is 7.95. The average Bonchev–Trinajstić information content (AvgIpc) is 2.60. The van der Waals surface area contributed by atoms with Gasteiger partial charge in [-0.2, -0.15) is 0 Å². The molecule has 0 aliphatic heterocycles. The third-order valence-electron chi connectivity index (χ3n) is 3.68. The zero-order valence-corrected chi connectivity index (χ0v) is 14.1. The first-order chi connectivity index (χ1) is 12.3. The van der Waals surface area contributed by atoms with E-state index >= 15 is 0 Å². The summed E-state index contributed by atoms with van der Waals surface area (Å²) < 4.78 is 39.4. The number of hydrogen-bond acceptors (Lipinski definition) is 2. The van der Waals surface area contributed by atoms with Gasteiger partial charge in [0.15, 0.2) is 6.54 Å². The molecule has 2 amide bonds. The van der Waals surface area contributed by atoms with Crippen molar-refractivity contribution in [2.75, 3.05) is 18.4 Å². The number of benzene rings is 2.